The molecule has 0 aromatic heterocycles. The van der Waals surface area contributed by atoms with Crippen LogP contribution in [0.3, 0.4) is 0 Å². The van der Waals surface area contributed by atoms with E-state index in [4.69, 9.17) is 0 Å². The zero-order chi connectivity index (χ0) is 10.1. The maximum Gasteiger partial charge on any atom is 0.143 e. The van der Waals surface area contributed by atoms with E-state index in [1.54, 1.807) is 6.08 Å². The molecule has 0 aromatic carbocycles. The Kier molecular flexibility index (Phi) is 7.17. The van der Waals surface area contributed by atoms with Crippen molar-refractivity contribution in [2.75, 3.05) is 0 Å². The molecule has 2 nitrogen and oxygen atoms in total. The summed E-state index contributed by atoms with van der Waals surface area (Å²) in [5.74, 6) is -0.391. The summed E-state index contributed by atoms with van der Waals surface area (Å²) in [4.78, 5) is 21.9. The highest BCUT2D eigenvalue weighted by Crippen LogP contribution is 2.08. The Labute approximate surface area is 80.0 Å². The molecule has 2 heteroatoms. The summed E-state index contributed by atoms with van der Waals surface area (Å²) in [7, 11) is 0. The van der Waals surface area contributed by atoms with Crippen LogP contribution in [-0.4, -0.2) is 12.1 Å². The summed E-state index contributed by atoms with van der Waals surface area (Å²) in [6, 6.07) is 0. The summed E-state index contributed by atoms with van der Waals surface area (Å²) in [5, 5.41) is 0. The molecule has 1 unspecified atom stereocenters. The van der Waals surface area contributed by atoms with Crippen LogP contribution in [0.1, 0.15) is 39.0 Å². The number of unbranched alkanes of at least 4 members (excludes halogenated alkanes) is 2. The monoisotopic (exact) mass is 182 g/mol. The van der Waals surface area contributed by atoms with Crippen LogP contribution in [0.5, 0.6) is 0 Å². The molecule has 0 aliphatic rings. The second-order valence-corrected chi connectivity index (χ2v) is 3.19. The van der Waals surface area contributed by atoms with Crippen molar-refractivity contribution < 1.29 is 9.59 Å². The number of aldehydes is 1. The highest BCUT2D eigenvalue weighted by Gasteiger charge is 2.14. The van der Waals surface area contributed by atoms with Gasteiger partial charge in [0.25, 0.3) is 0 Å². The van der Waals surface area contributed by atoms with Gasteiger partial charge in [-0.25, -0.2) is 0 Å². The van der Waals surface area contributed by atoms with Gasteiger partial charge in [-0.1, -0.05) is 25.8 Å². The molecule has 0 spiro atoms. The summed E-state index contributed by atoms with van der Waals surface area (Å²) in [6.45, 7) is 5.60. The van der Waals surface area contributed by atoms with E-state index in [-0.39, 0.29) is 5.78 Å². The number of ketones is 1. The number of allylic oxidation sites excluding steroid dienone is 1. The van der Waals surface area contributed by atoms with Gasteiger partial charge in [0.05, 0.1) is 5.92 Å². The summed E-state index contributed by atoms with van der Waals surface area (Å²) in [6.07, 6.45) is 6.43. The molecule has 0 amide bonds. The first kappa shape index (κ1) is 12.1. The van der Waals surface area contributed by atoms with Crippen molar-refractivity contribution in [2.45, 2.75) is 39.0 Å². The lowest BCUT2D eigenvalue weighted by atomic mass is 9.97. The van der Waals surface area contributed by atoms with Crippen LogP contribution >= 0.6 is 0 Å². The lowest BCUT2D eigenvalue weighted by Crippen LogP contribution is -2.14. The largest absolute Gasteiger partial charge is 0.303 e. The molecule has 1 atom stereocenters. The molecule has 0 aromatic rings. The second-order valence-electron chi connectivity index (χ2n) is 3.19. The maximum absolute atomic E-state index is 11.4. The minimum atomic E-state index is -0.450. The van der Waals surface area contributed by atoms with E-state index in [2.05, 4.69) is 13.5 Å². The van der Waals surface area contributed by atoms with Crippen LogP contribution in [-0.2, 0) is 9.59 Å². The van der Waals surface area contributed by atoms with Crippen molar-refractivity contribution in [3.63, 3.8) is 0 Å². The molecule has 0 aliphatic carbocycles. The molecule has 0 heterocycles. The first-order valence-corrected chi connectivity index (χ1v) is 4.85. The fourth-order valence-corrected chi connectivity index (χ4v) is 1.18. The molecular formula is C11H18O2. The van der Waals surface area contributed by atoms with Gasteiger partial charge in [-0.3, -0.25) is 4.79 Å². The first-order valence-electron chi connectivity index (χ1n) is 4.85. The van der Waals surface area contributed by atoms with E-state index in [1.165, 1.54) is 0 Å². The minimum absolute atomic E-state index is 0.0587. The molecule has 0 N–H and O–H groups in total. The SMILES string of the molecule is C=CCC(C=O)C(=O)CCCCC. The van der Waals surface area contributed by atoms with Crippen LogP contribution in [0, 0.1) is 5.92 Å². The van der Waals surface area contributed by atoms with Gasteiger partial charge >= 0.3 is 0 Å². The molecule has 0 radical (unpaired) electrons. The lowest BCUT2D eigenvalue weighted by molar-refractivity contribution is -0.127. The Hall–Kier alpha value is -0.920. The van der Waals surface area contributed by atoms with Gasteiger partial charge in [-0.05, 0) is 12.8 Å². The third kappa shape index (κ3) is 5.34. The number of rotatable bonds is 8. The van der Waals surface area contributed by atoms with Gasteiger partial charge in [-0.2, -0.15) is 0 Å². The average Bonchev–Trinajstić information content (AvgIpc) is 2.14. The number of Topliss-reactive ketones (excluding diaryl/α,β-unsaturated/α-hetero) is 1. The Morgan fingerprint density at radius 1 is 1.46 bits per heavy atom. The fraction of sp³-hybridized carbons (Fsp3) is 0.636. The zero-order valence-corrected chi connectivity index (χ0v) is 8.29. The topological polar surface area (TPSA) is 34.1 Å². The standard InChI is InChI=1S/C11H18O2/c1-3-5-6-8-11(13)10(9-12)7-4-2/h4,9-10H,2-3,5-8H2,1H3. The Morgan fingerprint density at radius 3 is 2.62 bits per heavy atom. The molecule has 0 saturated heterocycles. The number of carbonyl (C=O) groups excluding carboxylic acids is 2. The van der Waals surface area contributed by atoms with E-state index < -0.39 is 5.92 Å². The van der Waals surface area contributed by atoms with Gasteiger partial charge in [-0.15, -0.1) is 6.58 Å². The molecule has 13 heavy (non-hydrogen) atoms. The number of hydrogen-bond acceptors (Lipinski definition) is 2. The summed E-state index contributed by atoms with van der Waals surface area (Å²) < 4.78 is 0. The smallest absolute Gasteiger partial charge is 0.143 e. The second kappa shape index (κ2) is 7.71. The van der Waals surface area contributed by atoms with Gasteiger partial charge < -0.3 is 4.79 Å². The fourth-order valence-electron chi connectivity index (χ4n) is 1.18. The van der Waals surface area contributed by atoms with Gasteiger partial charge in [0.1, 0.15) is 12.1 Å². The van der Waals surface area contributed by atoms with Crippen LogP contribution in [0.2, 0.25) is 0 Å². The van der Waals surface area contributed by atoms with Crippen molar-refractivity contribution in [3.05, 3.63) is 12.7 Å². The van der Waals surface area contributed by atoms with Crippen LogP contribution < -0.4 is 0 Å². The zero-order valence-electron chi connectivity index (χ0n) is 8.29. The summed E-state index contributed by atoms with van der Waals surface area (Å²) >= 11 is 0. The van der Waals surface area contributed by atoms with E-state index >= 15 is 0 Å². The van der Waals surface area contributed by atoms with Crippen molar-refractivity contribution in [3.8, 4) is 0 Å². The van der Waals surface area contributed by atoms with Crippen molar-refractivity contribution in [1.29, 1.82) is 0 Å². The molecule has 74 valence electrons. The Morgan fingerprint density at radius 2 is 2.15 bits per heavy atom. The Balaban J connectivity index is 3.77. The highest BCUT2D eigenvalue weighted by molar-refractivity contribution is 5.93. The van der Waals surface area contributed by atoms with Gasteiger partial charge in [0.15, 0.2) is 0 Å². The molecular weight excluding hydrogens is 164 g/mol. The third-order valence-corrected chi connectivity index (χ3v) is 2.03. The Bertz CT molecular complexity index is 173. The molecule has 0 bridgehead atoms. The van der Waals surface area contributed by atoms with Crippen molar-refractivity contribution in [1.82, 2.24) is 0 Å². The number of carbonyl (C=O) groups is 2. The first-order chi connectivity index (χ1) is 6.26. The normalized spacial score (nSPS) is 12.1. The van der Waals surface area contributed by atoms with E-state index in [0.29, 0.717) is 12.8 Å². The maximum atomic E-state index is 11.4. The predicted molar refractivity (Wildman–Crippen MR) is 53.5 cm³/mol. The van der Waals surface area contributed by atoms with Gasteiger partial charge in [0, 0.05) is 6.42 Å². The third-order valence-electron chi connectivity index (χ3n) is 2.03. The molecule has 0 aliphatic heterocycles. The van der Waals surface area contributed by atoms with Crippen LogP contribution in [0.25, 0.3) is 0 Å². The minimum Gasteiger partial charge on any atom is -0.303 e. The molecule has 0 rings (SSSR count). The van der Waals surface area contributed by atoms with Crippen LogP contribution in [0.15, 0.2) is 12.7 Å². The lowest BCUT2D eigenvalue weighted by Gasteiger charge is -2.05. The molecule has 0 fully saturated rings. The van der Waals surface area contributed by atoms with Crippen molar-refractivity contribution >= 4 is 12.1 Å². The van der Waals surface area contributed by atoms with E-state index in [9.17, 15) is 9.59 Å². The quantitative estimate of drug-likeness (QED) is 0.250. The van der Waals surface area contributed by atoms with Crippen molar-refractivity contribution in [2.24, 2.45) is 5.92 Å². The summed E-state index contributed by atoms with van der Waals surface area (Å²) in [5.41, 5.74) is 0. The van der Waals surface area contributed by atoms with Crippen LogP contribution in [0.4, 0.5) is 0 Å². The highest BCUT2D eigenvalue weighted by atomic mass is 16.1. The van der Waals surface area contributed by atoms with Gasteiger partial charge in [0.2, 0.25) is 0 Å². The van der Waals surface area contributed by atoms with E-state index in [0.717, 1.165) is 25.5 Å². The predicted octanol–water partition coefficient (Wildman–Crippen LogP) is 2.53. The molecule has 0 saturated carbocycles. The average molecular weight is 182 g/mol. The van der Waals surface area contributed by atoms with E-state index in [1.807, 2.05) is 0 Å². The number of hydrogen-bond donors (Lipinski definition) is 0.